The Morgan fingerprint density at radius 3 is 2.40 bits per heavy atom. The minimum atomic E-state index is -4.00. The molecule has 0 radical (unpaired) electrons. The van der Waals surface area contributed by atoms with E-state index in [1.807, 2.05) is 30.3 Å². The highest BCUT2D eigenvalue weighted by atomic mass is 32.2. The Kier molecular flexibility index (Phi) is 7.80. The molecule has 1 atom stereocenters. The average molecular weight is 594 g/mol. The number of esters is 1. The third-order valence-corrected chi connectivity index (χ3v) is 10.9. The van der Waals surface area contributed by atoms with E-state index in [4.69, 9.17) is 9.47 Å². The zero-order valence-corrected chi connectivity index (χ0v) is 24.2. The summed E-state index contributed by atoms with van der Waals surface area (Å²) < 4.78 is 41.7. The molecule has 0 bridgehead atoms. The first-order valence-electron chi connectivity index (χ1n) is 14.6. The first kappa shape index (κ1) is 28.4. The number of hydrogen-bond acceptors (Lipinski definition) is 7. The number of hydrogen-bond donors (Lipinski definition) is 1. The normalized spacial score (nSPS) is 20.4. The molecule has 10 nitrogen and oxygen atoms in total. The number of benzene rings is 2. The summed E-state index contributed by atoms with van der Waals surface area (Å²) in [6.45, 7) is 0.155. The molecule has 3 aliphatic rings. The van der Waals surface area contributed by atoms with Crippen molar-refractivity contribution in [3.63, 3.8) is 0 Å². The van der Waals surface area contributed by atoms with Crippen LogP contribution in [0.2, 0.25) is 0 Å². The number of nitrogens with one attached hydrogen (secondary N) is 1. The van der Waals surface area contributed by atoms with Gasteiger partial charge in [0.1, 0.15) is 6.61 Å². The molecule has 1 unspecified atom stereocenters. The van der Waals surface area contributed by atoms with E-state index in [1.165, 1.54) is 21.1 Å². The molecule has 1 spiro atoms. The largest absolute Gasteiger partial charge is 0.445 e. The van der Waals surface area contributed by atoms with Crippen molar-refractivity contribution in [1.82, 2.24) is 14.2 Å². The van der Waals surface area contributed by atoms with Crippen molar-refractivity contribution in [1.29, 1.82) is 0 Å². The second-order valence-corrected chi connectivity index (χ2v) is 13.3. The molecule has 3 fully saturated rings. The molecule has 1 aromatic heterocycles. The van der Waals surface area contributed by atoms with Crippen molar-refractivity contribution in [3.8, 4) is 0 Å². The third-order valence-electron chi connectivity index (χ3n) is 8.86. The smallest absolute Gasteiger partial charge is 0.407 e. The van der Waals surface area contributed by atoms with Crippen LogP contribution in [0.5, 0.6) is 0 Å². The van der Waals surface area contributed by atoms with Crippen molar-refractivity contribution in [3.05, 3.63) is 76.7 Å². The van der Waals surface area contributed by atoms with Crippen molar-refractivity contribution in [2.45, 2.75) is 81.2 Å². The lowest BCUT2D eigenvalue weighted by atomic mass is 9.89. The number of alkyl carbamates (subject to hydrolysis) is 1. The molecule has 3 aromatic rings. The van der Waals surface area contributed by atoms with Crippen molar-refractivity contribution in [2.24, 2.45) is 5.92 Å². The lowest BCUT2D eigenvalue weighted by molar-refractivity contribution is -0.153. The van der Waals surface area contributed by atoms with Gasteiger partial charge in [0.25, 0.3) is 5.56 Å². The lowest BCUT2D eigenvalue weighted by Crippen LogP contribution is -2.48. The van der Waals surface area contributed by atoms with Crippen LogP contribution in [0.25, 0.3) is 10.8 Å². The van der Waals surface area contributed by atoms with Crippen LogP contribution in [0.4, 0.5) is 4.79 Å². The Morgan fingerprint density at radius 2 is 1.67 bits per heavy atom. The number of pyridine rings is 1. The molecule has 2 heterocycles. The van der Waals surface area contributed by atoms with Gasteiger partial charge < -0.3 is 14.8 Å². The van der Waals surface area contributed by atoms with Crippen LogP contribution in [0.1, 0.15) is 56.9 Å². The summed E-state index contributed by atoms with van der Waals surface area (Å²) in [5.74, 6) is -0.431. The Balaban J connectivity index is 1.17. The first-order chi connectivity index (χ1) is 20.3. The van der Waals surface area contributed by atoms with Gasteiger partial charge in [0.2, 0.25) is 10.0 Å². The van der Waals surface area contributed by atoms with Crippen LogP contribution < -0.4 is 10.9 Å². The predicted octanol–water partition coefficient (Wildman–Crippen LogP) is 4.30. The molecule has 42 heavy (non-hydrogen) atoms. The number of sulfonamides is 1. The highest BCUT2D eigenvalue weighted by molar-refractivity contribution is 7.89. The van der Waals surface area contributed by atoms with Crippen molar-refractivity contribution < 1.29 is 27.5 Å². The van der Waals surface area contributed by atoms with Gasteiger partial charge in [0, 0.05) is 23.5 Å². The maximum absolute atomic E-state index is 14.0. The van der Waals surface area contributed by atoms with E-state index in [1.54, 1.807) is 18.2 Å². The van der Waals surface area contributed by atoms with Gasteiger partial charge in [-0.2, -0.15) is 4.31 Å². The summed E-state index contributed by atoms with van der Waals surface area (Å²) in [7, 11) is -4.00. The number of fused-ring (bicyclic) bond motifs is 1. The van der Waals surface area contributed by atoms with Crippen molar-refractivity contribution in [2.75, 3.05) is 6.54 Å². The standard InChI is InChI=1S/C31H35N3O7S/c35-28-25-12-7-13-26(24(25)14-18-33(28)21-41-29(36)23-10-5-2-6-11-23)42(38,39)34-19-15-27(31(34)16-17-31)32-30(37)40-20-22-8-3-1-4-9-22/h1,3-4,7-9,12-14,18,23,27H,2,5-6,10-11,15-17,19-21H2,(H,32,37). The highest BCUT2D eigenvalue weighted by Gasteiger charge is 2.62. The summed E-state index contributed by atoms with van der Waals surface area (Å²) in [6, 6.07) is 15.2. The van der Waals surface area contributed by atoms with Gasteiger partial charge >= 0.3 is 12.1 Å². The Bertz CT molecular complexity index is 1640. The molecule has 2 aliphatic carbocycles. The van der Waals surface area contributed by atoms with E-state index in [9.17, 15) is 22.8 Å². The maximum Gasteiger partial charge on any atom is 0.407 e. The van der Waals surface area contributed by atoms with Gasteiger partial charge in [0.05, 0.1) is 22.4 Å². The number of carbonyl (C=O) groups is 2. The van der Waals surface area contributed by atoms with Gasteiger partial charge in [-0.25, -0.2) is 13.2 Å². The number of amides is 1. The monoisotopic (exact) mass is 593 g/mol. The van der Waals surface area contributed by atoms with Gasteiger partial charge in [-0.15, -0.1) is 0 Å². The molecule has 11 heteroatoms. The third kappa shape index (κ3) is 5.43. The Hall–Kier alpha value is -3.70. The minimum absolute atomic E-state index is 0.0435. The van der Waals surface area contributed by atoms with Crippen LogP contribution in [0.3, 0.4) is 0 Å². The van der Waals surface area contributed by atoms with Gasteiger partial charge in [0.15, 0.2) is 6.73 Å². The minimum Gasteiger partial charge on any atom is -0.445 e. The Labute approximate surface area is 244 Å². The van der Waals surface area contributed by atoms with Gasteiger partial charge in [-0.05, 0) is 55.9 Å². The summed E-state index contributed by atoms with van der Waals surface area (Å²) in [5.41, 5.74) is -0.277. The number of rotatable bonds is 8. The molecule has 2 saturated carbocycles. The fraction of sp³-hybridized carbons (Fsp3) is 0.452. The van der Waals surface area contributed by atoms with Crippen LogP contribution in [0.15, 0.2) is 70.5 Å². The van der Waals surface area contributed by atoms with E-state index in [0.717, 1.165) is 37.7 Å². The zero-order valence-electron chi connectivity index (χ0n) is 23.4. The quantitative estimate of drug-likeness (QED) is 0.386. The average Bonchev–Trinajstić information content (AvgIpc) is 3.72. The molecule has 6 rings (SSSR count). The van der Waals surface area contributed by atoms with Crippen molar-refractivity contribution >= 4 is 32.9 Å². The van der Waals surface area contributed by atoms with Crippen LogP contribution in [-0.4, -0.2) is 47.5 Å². The molecule has 1 saturated heterocycles. The zero-order chi connectivity index (χ0) is 29.3. The lowest BCUT2D eigenvalue weighted by Gasteiger charge is -2.28. The van der Waals surface area contributed by atoms with Crippen LogP contribution in [0, 0.1) is 5.92 Å². The number of carbonyl (C=O) groups excluding carboxylic acids is 2. The highest BCUT2D eigenvalue weighted by Crippen LogP contribution is 2.52. The first-order valence-corrected chi connectivity index (χ1v) is 16.0. The summed E-state index contributed by atoms with van der Waals surface area (Å²) in [5, 5.41) is 3.44. The molecule has 1 amide bonds. The van der Waals surface area contributed by atoms with Crippen LogP contribution >= 0.6 is 0 Å². The Morgan fingerprint density at radius 1 is 0.905 bits per heavy atom. The van der Waals surface area contributed by atoms with E-state index < -0.39 is 27.2 Å². The van der Waals surface area contributed by atoms with E-state index in [2.05, 4.69) is 5.32 Å². The fourth-order valence-electron chi connectivity index (χ4n) is 6.43. The second-order valence-electron chi connectivity index (χ2n) is 11.5. The summed E-state index contributed by atoms with van der Waals surface area (Å²) >= 11 is 0. The summed E-state index contributed by atoms with van der Waals surface area (Å²) in [6.07, 6.45) is 7.33. The fourth-order valence-corrected chi connectivity index (χ4v) is 8.51. The molecule has 222 valence electrons. The van der Waals surface area contributed by atoms with Gasteiger partial charge in [-0.1, -0.05) is 55.7 Å². The van der Waals surface area contributed by atoms with Crippen LogP contribution in [-0.2, 0) is 37.6 Å². The van der Waals surface area contributed by atoms with E-state index in [-0.39, 0.29) is 48.1 Å². The topological polar surface area (TPSA) is 124 Å². The molecule has 1 N–H and O–H groups in total. The second kappa shape index (κ2) is 11.5. The molecule has 2 aromatic carbocycles. The van der Waals surface area contributed by atoms with Gasteiger partial charge in [-0.3, -0.25) is 14.2 Å². The molecular weight excluding hydrogens is 558 g/mol. The molecule has 1 aliphatic heterocycles. The predicted molar refractivity (Wildman–Crippen MR) is 155 cm³/mol. The summed E-state index contributed by atoms with van der Waals surface area (Å²) in [4.78, 5) is 38.4. The number of ether oxygens (including phenoxy) is 2. The SMILES string of the molecule is O=C(NC1CCN(S(=O)(=O)c2cccc3c(=O)n(COC(=O)C4CCCCC4)ccc23)C12CC2)OCc1ccccc1. The number of aromatic nitrogens is 1. The van der Waals surface area contributed by atoms with E-state index >= 15 is 0 Å². The molecular formula is C31H35N3O7S. The maximum atomic E-state index is 14.0. The van der Waals surface area contributed by atoms with E-state index in [0.29, 0.717) is 24.6 Å². The number of nitrogens with zero attached hydrogens (tertiary/aromatic N) is 2.